The molecule has 1 aromatic heterocycles. The Morgan fingerprint density at radius 2 is 1.52 bits per heavy atom. The van der Waals surface area contributed by atoms with Gasteiger partial charge in [-0.2, -0.15) is 0 Å². The highest BCUT2D eigenvalue weighted by Gasteiger charge is 2.49. The SMILES string of the molecule is Cc1ccc2cc(C3CCCCC3)[s+](C(F)(F)F)c2c1.F[B-](F)(F)F. The standard InChI is InChI=1S/C16H18F3S.BF4/c1-11-7-8-13-10-15(12-5-3-2-4-6-12)20(14(13)9-11)16(17,18)19;2-1(3,4)5/h7-10,12H,2-6H2,1H3;/q+1;-1. The number of rotatable bonds is 1. The van der Waals surface area contributed by atoms with Crippen LogP contribution < -0.4 is 0 Å². The lowest BCUT2D eigenvalue weighted by Gasteiger charge is -2.18. The maximum Gasteiger partial charge on any atom is 0.673 e. The first-order valence-corrected chi connectivity index (χ1v) is 9.20. The number of alkyl halides is 3. The molecule has 3 rings (SSSR count). The number of fused-ring (bicyclic) bond motifs is 1. The van der Waals surface area contributed by atoms with Gasteiger partial charge in [0, 0.05) is 23.4 Å². The minimum atomic E-state index is -6.00. The molecule has 1 unspecified atom stereocenters. The van der Waals surface area contributed by atoms with Crippen LogP contribution in [0.1, 0.15) is 48.5 Å². The van der Waals surface area contributed by atoms with Crippen LogP contribution in [0.15, 0.2) is 24.3 Å². The van der Waals surface area contributed by atoms with Gasteiger partial charge in [-0.05, 0) is 31.4 Å². The fraction of sp³-hybridized carbons (Fsp3) is 0.500. The van der Waals surface area contributed by atoms with Crippen molar-refractivity contribution < 1.29 is 30.4 Å². The van der Waals surface area contributed by atoms with Crippen molar-refractivity contribution in [3.63, 3.8) is 0 Å². The van der Waals surface area contributed by atoms with E-state index in [1.807, 2.05) is 25.1 Å². The van der Waals surface area contributed by atoms with Crippen LogP contribution in [0.25, 0.3) is 10.1 Å². The predicted molar refractivity (Wildman–Crippen MR) is 88.5 cm³/mol. The van der Waals surface area contributed by atoms with Gasteiger partial charge in [-0.15, -0.1) is 13.2 Å². The Labute approximate surface area is 144 Å². The van der Waals surface area contributed by atoms with Gasteiger partial charge >= 0.3 is 12.8 Å². The largest absolute Gasteiger partial charge is 0.673 e. The second-order valence-electron chi connectivity index (χ2n) is 6.17. The molecule has 0 amide bonds. The zero-order valence-electron chi connectivity index (χ0n) is 13.6. The van der Waals surface area contributed by atoms with E-state index in [1.165, 1.54) is 0 Å². The molecule has 0 aliphatic heterocycles. The Bertz CT molecular complexity index is 706. The summed E-state index contributed by atoms with van der Waals surface area (Å²) in [4.78, 5) is 0.637. The van der Waals surface area contributed by atoms with Gasteiger partial charge in [-0.3, -0.25) is 0 Å². The average Bonchev–Trinajstić information content (AvgIpc) is 2.85. The van der Waals surface area contributed by atoms with Crippen molar-refractivity contribution in [2.75, 3.05) is 0 Å². The van der Waals surface area contributed by atoms with Gasteiger partial charge < -0.3 is 17.3 Å². The summed E-state index contributed by atoms with van der Waals surface area (Å²) in [7, 11) is -7.70. The van der Waals surface area contributed by atoms with E-state index >= 15 is 0 Å². The zero-order chi connectivity index (χ0) is 18.8. The lowest BCUT2D eigenvalue weighted by Crippen LogP contribution is -2.06. The molecule has 1 aromatic carbocycles. The first kappa shape index (κ1) is 20.1. The van der Waals surface area contributed by atoms with Crippen LogP contribution in [0.5, 0.6) is 0 Å². The topological polar surface area (TPSA) is 0 Å². The second-order valence-corrected chi connectivity index (χ2v) is 8.16. The van der Waals surface area contributed by atoms with Gasteiger partial charge in [0.25, 0.3) is 0 Å². The summed E-state index contributed by atoms with van der Waals surface area (Å²) in [6.07, 6.45) is 5.12. The van der Waals surface area contributed by atoms with Crippen LogP contribution in [-0.4, -0.2) is 7.25 Å². The molecule has 25 heavy (non-hydrogen) atoms. The summed E-state index contributed by atoms with van der Waals surface area (Å²) >= 11 is 0. The summed E-state index contributed by atoms with van der Waals surface area (Å²) < 4.78 is 80.1. The van der Waals surface area contributed by atoms with Crippen LogP contribution in [0, 0.1) is 6.92 Å². The van der Waals surface area contributed by atoms with Gasteiger partial charge in [0.15, 0.2) is 9.58 Å². The minimum Gasteiger partial charge on any atom is -0.418 e. The van der Waals surface area contributed by atoms with Crippen LogP contribution in [0.3, 0.4) is 0 Å². The molecule has 1 aliphatic rings. The van der Waals surface area contributed by atoms with Gasteiger partial charge in [0.1, 0.15) is 0 Å². The van der Waals surface area contributed by atoms with E-state index < -0.39 is 23.2 Å². The van der Waals surface area contributed by atoms with E-state index in [2.05, 4.69) is 0 Å². The Kier molecular flexibility index (Phi) is 6.07. The third-order valence-corrected chi connectivity index (χ3v) is 6.34. The summed E-state index contributed by atoms with van der Waals surface area (Å²) in [6.45, 7) is 1.86. The maximum atomic E-state index is 13.5. The molecule has 1 saturated carbocycles. The molecule has 1 fully saturated rings. The normalized spacial score (nSPS) is 17.4. The predicted octanol–water partition coefficient (Wildman–Crippen LogP) is 7.72. The van der Waals surface area contributed by atoms with E-state index in [-0.39, 0.29) is 5.92 Å². The summed E-state index contributed by atoms with van der Waals surface area (Å²) in [5.41, 5.74) is -3.24. The third kappa shape index (κ3) is 5.62. The first-order valence-electron chi connectivity index (χ1n) is 7.97. The van der Waals surface area contributed by atoms with E-state index in [0.29, 0.717) is 9.58 Å². The van der Waals surface area contributed by atoms with Crippen molar-refractivity contribution in [1.82, 2.24) is 0 Å². The first-order chi connectivity index (χ1) is 11.5. The van der Waals surface area contributed by atoms with E-state index in [0.717, 1.165) is 43.1 Å². The lowest BCUT2D eigenvalue weighted by molar-refractivity contribution is -0.0868. The second kappa shape index (κ2) is 7.56. The molecule has 1 heterocycles. The van der Waals surface area contributed by atoms with E-state index in [1.54, 1.807) is 6.07 Å². The number of halogens is 7. The highest BCUT2D eigenvalue weighted by molar-refractivity contribution is 7.38. The molecule has 0 nitrogen and oxygen atoms in total. The number of hydrogen-bond acceptors (Lipinski definition) is 0. The molecule has 2 aromatic rings. The molecule has 9 heteroatoms. The van der Waals surface area contributed by atoms with Gasteiger partial charge in [0.05, 0.1) is 10.5 Å². The van der Waals surface area contributed by atoms with Crippen molar-refractivity contribution in [3.8, 4) is 0 Å². The Morgan fingerprint density at radius 3 is 2.04 bits per heavy atom. The van der Waals surface area contributed by atoms with Crippen LogP contribution in [0.4, 0.5) is 30.4 Å². The quantitative estimate of drug-likeness (QED) is 0.267. The number of hydrogen-bond donors (Lipinski definition) is 0. The highest BCUT2D eigenvalue weighted by Crippen LogP contribution is 2.55. The van der Waals surface area contributed by atoms with Crippen LogP contribution in [-0.2, 0) is 5.51 Å². The maximum absolute atomic E-state index is 13.5. The van der Waals surface area contributed by atoms with Gasteiger partial charge in [-0.1, -0.05) is 25.3 Å². The van der Waals surface area contributed by atoms with E-state index in [4.69, 9.17) is 0 Å². The smallest absolute Gasteiger partial charge is 0.418 e. The molecule has 1 aliphatic carbocycles. The summed E-state index contributed by atoms with van der Waals surface area (Å²) in [6, 6.07) is 7.28. The van der Waals surface area contributed by atoms with Crippen molar-refractivity contribution in [2.24, 2.45) is 0 Å². The summed E-state index contributed by atoms with van der Waals surface area (Å²) in [5.74, 6) is 0.126. The Balaban J connectivity index is 0.000000399. The third-order valence-electron chi connectivity index (χ3n) is 4.16. The average molecular weight is 386 g/mol. The molecular weight excluding hydrogens is 368 g/mol. The van der Waals surface area contributed by atoms with Crippen LogP contribution in [0.2, 0.25) is 0 Å². The van der Waals surface area contributed by atoms with Crippen LogP contribution >= 0.6 is 10.5 Å². The molecule has 0 radical (unpaired) electrons. The number of thiophene rings is 1. The highest BCUT2D eigenvalue weighted by atomic mass is 32.2. The number of benzene rings is 1. The van der Waals surface area contributed by atoms with Crippen molar-refractivity contribution in [2.45, 2.75) is 50.5 Å². The summed E-state index contributed by atoms with van der Waals surface area (Å²) in [5, 5.41) is 0.775. The molecule has 0 spiro atoms. The van der Waals surface area contributed by atoms with Gasteiger partial charge in [-0.25, -0.2) is 0 Å². The molecule has 0 N–H and O–H groups in total. The fourth-order valence-electron chi connectivity index (χ4n) is 3.21. The minimum absolute atomic E-state index is 0.126. The zero-order valence-corrected chi connectivity index (χ0v) is 14.4. The molecule has 0 saturated heterocycles. The van der Waals surface area contributed by atoms with Crippen molar-refractivity contribution in [1.29, 1.82) is 0 Å². The Morgan fingerprint density at radius 1 is 0.960 bits per heavy atom. The lowest BCUT2D eigenvalue weighted by atomic mass is 9.88. The monoisotopic (exact) mass is 386 g/mol. The molecule has 0 bridgehead atoms. The Hall–Kier alpha value is -1.25. The van der Waals surface area contributed by atoms with E-state index in [9.17, 15) is 30.4 Å². The number of aryl methyl sites for hydroxylation is 1. The van der Waals surface area contributed by atoms with Crippen molar-refractivity contribution >= 4 is 27.8 Å². The van der Waals surface area contributed by atoms with Crippen molar-refractivity contribution in [3.05, 3.63) is 34.7 Å². The molecule has 1 atom stereocenters. The molecular formula is C16H18BF7S. The molecule has 140 valence electrons. The van der Waals surface area contributed by atoms with Gasteiger partial charge in [0.2, 0.25) is 0 Å². The fourth-order valence-corrected chi connectivity index (χ4v) is 5.46.